The van der Waals surface area contributed by atoms with Crippen LogP contribution in [0.25, 0.3) is 0 Å². The summed E-state index contributed by atoms with van der Waals surface area (Å²) in [5.41, 5.74) is 0.595. The van der Waals surface area contributed by atoms with Crippen LogP contribution in [0.3, 0.4) is 0 Å². The van der Waals surface area contributed by atoms with E-state index in [1.807, 2.05) is 13.8 Å². The number of carbonyl (C=O) groups excluding carboxylic acids is 2. The van der Waals surface area contributed by atoms with E-state index in [1.165, 1.54) is 11.1 Å². The Morgan fingerprint density at radius 1 is 1.46 bits per heavy atom. The molecule has 0 saturated carbocycles. The summed E-state index contributed by atoms with van der Waals surface area (Å²) in [6.45, 7) is 3.80. The Bertz CT molecular complexity index is 222. The summed E-state index contributed by atoms with van der Waals surface area (Å²) >= 11 is 0. The maximum Gasteiger partial charge on any atom is 0.248 e. The molecule has 0 fully saturated rings. The third kappa shape index (κ3) is 3.73. The lowest BCUT2D eigenvalue weighted by Gasteiger charge is -2.12. The Morgan fingerprint density at radius 2 is 2.00 bits per heavy atom. The molecule has 4 nitrogen and oxygen atoms in total. The van der Waals surface area contributed by atoms with Gasteiger partial charge < -0.3 is 10.2 Å². The molecule has 13 heavy (non-hydrogen) atoms. The Hall–Kier alpha value is -1.32. The van der Waals surface area contributed by atoms with Gasteiger partial charge in [-0.25, -0.2) is 0 Å². The van der Waals surface area contributed by atoms with Crippen molar-refractivity contribution in [2.45, 2.75) is 13.8 Å². The highest BCUT2D eigenvalue weighted by Gasteiger charge is 2.11. The minimum Gasteiger partial charge on any atom is -0.355 e. The largest absolute Gasteiger partial charge is 0.355 e. The number of carbonyl (C=O) groups is 2. The molecule has 0 aliphatic carbocycles. The fraction of sp³-hybridized carbons (Fsp3) is 0.556. The number of hydrogen-bond acceptors (Lipinski definition) is 2. The van der Waals surface area contributed by atoms with E-state index in [-0.39, 0.29) is 11.8 Å². The molecule has 0 atom stereocenters. The van der Waals surface area contributed by atoms with Gasteiger partial charge in [-0.3, -0.25) is 9.59 Å². The molecule has 0 aromatic rings. The average Bonchev–Trinajstić information content (AvgIpc) is 2.11. The highest BCUT2D eigenvalue weighted by atomic mass is 16.2. The van der Waals surface area contributed by atoms with Crippen LogP contribution in [0.15, 0.2) is 11.8 Å². The monoisotopic (exact) mass is 184 g/mol. The zero-order chi connectivity index (χ0) is 10.4. The Labute approximate surface area is 78.6 Å². The first-order chi connectivity index (χ1) is 6.02. The van der Waals surface area contributed by atoms with Crippen molar-refractivity contribution < 1.29 is 9.59 Å². The fourth-order valence-corrected chi connectivity index (χ4v) is 0.864. The molecule has 0 saturated heterocycles. The number of amides is 2. The first-order valence-electron chi connectivity index (χ1n) is 4.14. The van der Waals surface area contributed by atoms with E-state index in [9.17, 15) is 9.59 Å². The average molecular weight is 184 g/mol. The van der Waals surface area contributed by atoms with E-state index in [0.717, 1.165) is 0 Å². The maximum atomic E-state index is 11.3. The molecule has 0 aliphatic heterocycles. The van der Waals surface area contributed by atoms with Gasteiger partial charge in [-0.15, -0.1) is 0 Å². The second-order valence-electron chi connectivity index (χ2n) is 3.09. The molecule has 0 rings (SSSR count). The molecule has 0 heterocycles. The number of nitrogens with one attached hydrogen (secondary N) is 1. The molecule has 0 radical (unpaired) electrons. The van der Waals surface area contributed by atoms with Gasteiger partial charge >= 0.3 is 0 Å². The summed E-state index contributed by atoms with van der Waals surface area (Å²) < 4.78 is 0. The molecular formula is C9H16N2O2. The van der Waals surface area contributed by atoms with E-state index in [2.05, 4.69) is 5.32 Å². The van der Waals surface area contributed by atoms with Crippen LogP contribution in [0.4, 0.5) is 0 Å². The molecule has 0 aromatic carbocycles. The van der Waals surface area contributed by atoms with Gasteiger partial charge in [-0.2, -0.15) is 0 Å². The lowest BCUT2D eigenvalue weighted by molar-refractivity contribution is -0.117. The van der Waals surface area contributed by atoms with Crippen LogP contribution in [0.1, 0.15) is 13.8 Å². The third-order valence-electron chi connectivity index (χ3n) is 1.62. The van der Waals surface area contributed by atoms with Crippen molar-refractivity contribution in [3.8, 4) is 0 Å². The van der Waals surface area contributed by atoms with Crippen LogP contribution >= 0.6 is 0 Å². The summed E-state index contributed by atoms with van der Waals surface area (Å²) in [6.07, 6.45) is 2.20. The van der Waals surface area contributed by atoms with Crippen LogP contribution in [0, 0.1) is 5.92 Å². The number of nitrogens with zero attached hydrogens (tertiary/aromatic N) is 1. The van der Waals surface area contributed by atoms with Crippen molar-refractivity contribution in [1.82, 2.24) is 10.2 Å². The van der Waals surface area contributed by atoms with E-state index in [1.54, 1.807) is 14.1 Å². The van der Waals surface area contributed by atoms with Gasteiger partial charge in [-0.05, 0) is 5.92 Å². The molecule has 74 valence electrons. The summed E-state index contributed by atoms with van der Waals surface area (Å²) in [4.78, 5) is 22.9. The SMILES string of the molecule is CNC(=O)/C(=C\N(C)C=O)C(C)C. The normalized spacial score (nSPS) is 11.3. The summed E-state index contributed by atoms with van der Waals surface area (Å²) in [6, 6.07) is 0. The van der Waals surface area contributed by atoms with Gasteiger partial charge in [0, 0.05) is 25.9 Å². The highest BCUT2D eigenvalue weighted by molar-refractivity contribution is 5.93. The molecule has 4 heteroatoms. The van der Waals surface area contributed by atoms with Crippen molar-refractivity contribution in [3.05, 3.63) is 11.8 Å². The van der Waals surface area contributed by atoms with E-state index in [0.29, 0.717) is 12.0 Å². The quantitative estimate of drug-likeness (QED) is 0.506. The molecule has 0 spiro atoms. The van der Waals surface area contributed by atoms with Gasteiger partial charge in [0.1, 0.15) is 0 Å². The third-order valence-corrected chi connectivity index (χ3v) is 1.62. The molecule has 0 bridgehead atoms. The molecule has 0 aliphatic rings. The van der Waals surface area contributed by atoms with E-state index < -0.39 is 0 Å². The highest BCUT2D eigenvalue weighted by Crippen LogP contribution is 2.09. The first kappa shape index (κ1) is 11.7. The smallest absolute Gasteiger partial charge is 0.248 e. The Kier molecular flexibility index (Phi) is 4.80. The first-order valence-corrected chi connectivity index (χ1v) is 4.14. The number of rotatable bonds is 4. The molecule has 0 unspecified atom stereocenters. The number of likely N-dealkylation sites (N-methyl/N-ethyl adjacent to an activating group) is 1. The van der Waals surface area contributed by atoms with Gasteiger partial charge in [0.2, 0.25) is 12.3 Å². The van der Waals surface area contributed by atoms with Gasteiger partial charge in [0.15, 0.2) is 0 Å². The lowest BCUT2D eigenvalue weighted by atomic mass is 10.0. The second-order valence-corrected chi connectivity index (χ2v) is 3.09. The Balaban J connectivity index is 4.69. The standard InChI is InChI=1S/C9H16N2O2/c1-7(2)8(9(13)10-3)5-11(4)6-12/h5-7H,1-4H3,(H,10,13)/b8-5-. The van der Waals surface area contributed by atoms with E-state index in [4.69, 9.17) is 0 Å². The van der Waals surface area contributed by atoms with Gasteiger partial charge in [-0.1, -0.05) is 13.8 Å². The van der Waals surface area contributed by atoms with E-state index >= 15 is 0 Å². The topological polar surface area (TPSA) is 49.4 Å². The molecular weight excluding hydrogens is 168 g/mol. The van der Waals surface area contributed by atoms with Crippen molar-refractivity contribution in [3.63, 3.8) is 0 Å². The van der Waals surface area contributed by atoms with Crippen LogP contribution < -0.4 is 5.32 Å². The van der Waals surface area contributed by atoms with Gasteiger partial charge in [0.25, 0.3) is 0 Å². The lowest BCUT2D eigenvalue weighted by Crippen LogP contribution is -2.25. The van der Waals surface area contributed by atoms with Gasteiger partial charge in [0.05, 0.1) is 0 Å². The fourth-order valence-electron chi connectivity index (χ4n) is 0.864. The van der Waals surface area contributed by atoms with Crippen molar-refractivity contribution in [2.75, 3.05) is 14.1 Å². The van der Waals surface area contributed by atoms with Crippen molar-refractivity contribution in [2.24, 2.45) is 5.92 Å². The summed E-state index contributed by atoms with van der Waals surface area (Å²) in [5.74, 6) is -0.0500. The Morgan fingerprint density at radius 3 is 2.31 bits per heavy atom. The van der Waals surface area contributed by atoms with Crippen molar-refractivity contribution >= 4 is 12.3 Å². The predicted octanol–water partition coefficient (Wildman–Crippen LogP) is 0.360. The zero-order valence-corrected chi connectivity index (χ0v) is 8.50. The second kappa shape index (κ2) is 5.35. The maximum absolute atomic E-state index is 11.3. The van der Waals surface area contributed by atoms with Crippen LogP contribution in [0.5, 0.6) is 0 Å². The molecule has 0 aromatic heterocycles. The number of hydrogen-bond donors (Lipinski definition) is 1. The molecule has 1 N–H and O–H groups in total. The van der Waals surface area contributed by atoms with Crippen molar-refractivity contribution in [1.29, 1.82) is 0 Å². The van der Waals surface area contributed by atoms with Crippen LogP contribution in [-0.2, 0) is 9.59 Å². The zero-order valence-electron chi connectivity index (χ0n) is 8.50. The minimum atomic E-state index is -0.149. The van der Waals surface area contributed by atoms with Crippen LogP contribution in [0.2, 0.25) is 0 Å². The minimum absolute atomic E-state index is 0.0994. The van der Waals surface area contributed by atoms with Crippen LogP contribution in [-0.4, -0.2) is 31.3 Å². The summed E-state index contributed by atoms with van der Waals surface area (Å²) in [7, 11) is 3.16. The predicted molar refractivity (Wildman–Crippen MR) is 50.8 cm³/mol. The summed E-state index contributed by atoms with van der Waals surface area (Å²) in [5, 5.41) is 2.53. The molecule has 2 amide bonds.